The molecule has 1 fully saturated rings. The highest BCUT2D eigenvalue weighted by atomic mass is 32.1. The van der Waals surface area contributed by atoms with E-state index in [1.165, 1.54) is 33.5 Å². The van der Waals surface area contributed by atoms with E-state index in [-0.39, 0.29) is 17.6 Å². The van der Waals surface area contributed by atoms with Gasteiger partial charge in [0.15, 0.2) is 5.76 Å². The molecule has 0 saturated carbocycles. The summed E-state index contributed by atoms with van der Waals surface area (Å²) in [5.41, 5.74) is 2.18. The van der Waals surface area contributed by atoms with Crippen LogP contribution in [0.2, 0.25) is 0 Å². The Morgan fingerprint density at radius 1 is 1.03 bits per heavy atom. The fourth-order valence-electron chi connectivity index (χ4n) is 4.77. The van der Waals surface area contributed by atoms with Crippen LogP contribution in [-0.2, 0) is 6.54 Å². The minimum Gasteiger partial charge on any atom is -0.492 e. The summed E-state index contributed by atoms with van der Waals surface area (Å²) in [5, 5.41) is 26.9. The fourth-order valence-corrected chi connectivity index (χ4v) is 5.88. The highest BCUT2D eigenvalue weighted by Crippen LogP contribution is 2.41. The van der Waals surface area contributed by atoms with Crippen molar-refractivity contribution >= 4 is 22.0 Å². The number of nitro benzene ring substituents is 1. The molecule has 6 rings (SSSR count). The Morgan fingerprint density at radius 3 is 2.43 bits per heavy atom. The lowest BCUT2D eigenvalue weighted by Crippen LogP contribution is -2.47. The lowest BCUT2D eigenvalue weighted by atomic mass is 10.0. The summed E-state index contributed by atoms with van der Waals surface area (Å²) in [7, 11) is 0. The fraction of sp³-hybridized carbons (Fsp3) is 0.231. The zero-order valence-electron chi connectivity index (χ0n) is 19.8. The van der Waals surface area contributed by atoms with Crippen LogP contribution in [0.3, 0.4) is 0 Å². The van der Waals surface area contributed by atoms with Crippen molar-refractivity contribution in [3.63, 3.8) is 0 Å². The molecule has 0 radical (unpaired) electrons. The molecule has 4 heterocycles. The molecule has 0 aliphatic carbocycles. The molecule has 1 aliphatic rings. The van der Waals surface area contributed by atoms with Crippen LogP contribution >= 0.6 is 11.3 Å². The van der Waals surface area contributed by atoms with Crippen LogP contribution in [0, 0.1) is 10.1 Å². The first kappa shape index (κ1) is 23.3. The van der Waals surface area contributed by atoms with Crippen molar-refractivity contribution in [3.05, 3.63) is 99.1 Å². The van der Waals surface area contributed by atoms with Gasteiger partial charge in [0, 0.05) is 44.9 Å². The Balaban J connectivity index is 1.31. The molecule has 1 aliphatic heterocycles. The highest BCUT2D eigenvalue weighted by molar-refractivity contribution is 7.17. The summed E-state index contributed by atoms with van der Waals surface area (Å²) in [6.45, 7) is 4.16. The van der Waals surface area contributed by atoms with E-state index < -0.39 is 4.92 Å². The van der Waals surface area contributed by atoms with Gasteiger partial charge < -0.3 is 9.52 Å². The number of nitrogens with zero attached hydrogens (tertiary/aromatic N) is 6. The van der Waals surface area contributed by atoms with Gasteiger partial charge in [0.2, 0.25) is 16.7 Å². The number of non-ortho nitro benzene ring substituents is 1. The molecular weight excluding hydrogens is 492 g/mol. The number of benzene rings is 2. The number of fused-ring (bicyclic) bond motifs is 1. The molecule has 37 heavy (non-hydrogen) atoms. The third-order valence-electron chi connectivity index (χ3n) is 6.63. The Morgan fingerprint density at radius 2 is 1.78 bits per heavy atom. The quantitative estimate of drug-likeness (QED) is 0.247. The van der Waals surface area contributed by atoms with E-state index >= 15 is 0 Å². The number of piperazine rings is 1. The molecule has 3 aromatic heterocycles. The maximum Gasteiger partial charge on any atom is 0.269 e. The van der Waals surface area contributed by atoms with E-state index in [1.54, 1.807) is 30.5 Å². The molecule has 0 unspecified atom stereocenters. The normalized spacial score (nSPS) is 15.8. The predicted octanol–water partition coefficient (Wildman–Crippen LogP) is 4.57. The molecule has 0 amide bonds. The number of aromatic nitrogens is 3. The number of nitro groups is 1. The monoisotopic (exact) mass is 516 g/mol. The zero-order chi connectivity index (χ0) is 25.4. The summed E-state index contributed by atoms with van der Waals surface area (Å²) < 4.78 is 6.83. The summed E-state index contributed by atoms with van der Waals surface area (Å²) in [6.07, 6.45) is 1.55. The van der Waals surface area contributed by atoms with Crippen LogP contribution in [0.4, 0.5) is 5.69 Å². The van der Waals surface area contributed by atoms with Crippen LogP contribution < -0.4 is 0 Å². The lowest BCUT2D eigenvalue weighted by molar-refractivity contribution is -0.384. The van der Waals surface area contributed by atoms with E-state index in [9.17, 15) is 15.2 Å². The van der Waals surface area contributed by atoms with Crippen LogP contribution in [0.5, 0.6) is 5.88 Å². The predicted molar refractivity (Wildman–Crippen MR) is 138 cm³/mol. The third-order valence-corrected chi connectivity index (χ3v) is 7.70. The first-order valence-corrected chi connectivity index (χ1v) is 12.8. The first-order chi connectivity index (χ1) is 18.1. The van der Waals surface area contributed by atoms with E-state index in [4.69, 9.17) is 4.42 Å². The summed E-state index contributed by atoms with van der Waals surface area (Å²) in [5.74, 6) is 0.943. The van der Waals surface area contributed by atoms with E-state index in [2.05, 4.69) is 44.1 Å². The zero-order valence-corrected chi connectivity index (χ0v) is 20.6. The second kappa shape index (κ2) is 9.77. The van der Waals surface area contributed by atoms with Gasteiger partial charge in [0.05, 0.1) is 22.1 Å². The Labute approximate surface area is 216 Å². The molecule has 188 valence electrons. The van der Waals surface area contributed by atoms with Gasteiger partial charge in [0.1, 0.15) is 0 Å². The highest BCUT2D eigenvalue weighted by Gasteiger charge is 2.32. The summed E-state index contributed by atoms with van der Waals surface area (Å²) in [6, 6.07) is 20.2. The molecule has 5 aromatic rings. The largest absolute Gasteiger partial charge is 0.492 e. The molecule has 0 bridgehead atoms. The molecule has 1 N–H and O–H groups in total. The average Bonchev–Trinajstić information content (AvgIpc) is 3.65. The maximum absolute atomic E-state index is 11.2. The summed E-state index contributed by atoms with van der Waals surface area (Å²) in [4.78, 5) is 21.4. The van der Waals surface area contributed by atoms with Crippen molar-refractivity contribution < 1.29 is 14.4 Å². The molecule has 11 heteroatoms. The van der Waals surface area contributed by atoms with Crippen molar-refractivity contribution in [2.75, 3.05) is 26.2 Å². The standard InChI is InChI=1S/C26H24N6O4S/c33-25-23(37-26-27-24(28-31(25)26)21-7-4-16-36-21)22(19-8-10-20(11-9-19)32(34)35)30-14-12-29(13-15-30)17-18-5-2-1-3-6-18/h1-11,16,22,33H,12-15,17H2/t22-/m1/s1. The van der Waals surface area contributed by atoms with Gasteiger partial charge in [0.25, 0.3) is 5.69 Å². The van der Waals surface area contributed by atoms with E-state index in [1.807, 2.05) is 6.07 Å². The molecule has 10 nitrogen and oxygen atoms in total. The van der Waals surface area contributed by atoms with Crippen LogP contribution in [0.25, 0.3) is 16.5 Å². The molecule has 1 atom stereocenters. The van der Waals surface area contributed by atoms with Crippen molar-refractivity contribution in [2.24, 2.45) is 0 Å². The van der Waals surface area contributed by atoms with Crippen LogP contribution in [-0.4, -0.2) is 60.6 Å². The van der Waals surface area contributed by atoms with Crippen molar-refractivity contribution in [3.8, 4) is 17.5 Å². The van der Waals surface area contributed by atoms with Gasteiger partial charge in [-0.2, -0.15) is 9.50 Å². The van der Waals surface area contributed by atoms with Gasteiger partial charge in [-0.15, -0.1) is 5.10 Å². The molecule has 2 aromatic carbocycles. The Kier molecular flexibility index (Phi) is 6.16. The molecule has 0 spiro atoms. The Hall–Kier alpha value is -4.06. The van der Waals surface area contributed by atoms with Crippen LogP contribution in [0.1, 0.15) is 22.0 Å². The van der Waals surface area contributed by atoms with Gasteiger partial charge in [-0.1, -0.05) is 53.8 Å². The molecule has 1 saturated heterocycles. The number of hydrogen-bond donors (Lipinski definition) is 1. The maximum atomic E-state index is 11.2. The minimum absolute atomic E-state index is 0.0142. The minimum atomic E-state index is -0.405. The van der Waals surface area contributed by atoms with Gasteiger partial charge in [-0.3, -0.25) is 19.9 Å². The molecular formula is C26H24N6O4S. The number of thiazole rings is 1. The van der Waals surface area contributed by atoms with Gasteiger partial charge >= 0.3 is 0 Å². The average molecular weight is 517 g/mol. The third kappa shape index (κ3) is 4.59. The number of furan rings is 1. The number of aromatic hydroxyl groups is 1. The summed E-state index contributed by atoms with van der Waals surface area (Å²) >= 11 is 1.36. The van der Waals surface area contributed by atoms with Crippen LogP contribution in [0.15, 0.2) is 77.4 Å². The van der Waals surface area contributed by atoms with Crippen molar-refractivity contribution in [2.45, 2.75) is 12.6 Å². The second-order valence-corrected chi connectivity index (χ2v) is 9.96. The first-order valence-electron chi connectivity index (χ1n) is 11.9. The lowest BCUT2D eigenvalue weighted by Gasteiger charge is -2.39. The smallest absolute Gasteiger partial charge is 0.269 e. The van der Waals surface area contributed by atoms with Crippen molar-refractivity contribution in [1.82, 2.24) is 24.4 Å². The van der Waals surface area contributed by atoms with Gasteiger partial charge in [-0.25, -0.2) is 0 Å². The Bertz CT molecular complexity index is 1510. The number of hydrogen-bond acceptors (Lipinski definition) is 9. The van der Waals surface area contributed by atoms with Gasteiger partial charge in [-0.05, 0) is 23.3 Å². The number of rotatable bonds is 7. The SMILES string of the molecule is O=[N+]([O-])c1ccc([C@H](c2sc3nc(-c4ccco4)nn3c2O)N2CCN(Cc3ccccc3)CC2)cc1. The van der Waals surface area contributed by atoms with E-state index in [0.29, 0.717) is 21.4 Å². The second-order valence-electron chi connectivity index (χ2n) is 8.95. The van der Waals surface area contributed by atoms with Crippen molar-refractivity contribution in [1.29, 1.82) is 0 Å². The van der Waals surface area contributed by atoms with E-state index in [0.717, 1.165) is 38.3 Å². The topological polar surface area (TPSA) is 113 Å².